The Bertz CT molecular complexity index is 123. The van der Waals surface area contributed by atoms with E-state index in [-0.39, 0.29) is 6.04 Å². The second kappa shape index (κ2) is 9.40. The van der Waals surface area contributed by atoms with Crippen LogP contribution in [0.2, 0.25) is 0 Å². The van der Waals surface area contributed by atoms with Crippen molar-refractivity contribution in [2.24, 2.45) is 5.73 Å². The summed E-state index contributed by atoms with van der Waals surface area (Å²) in [6.07, 6.45) is 0.917. The molecular weight excluding hydrogens is 180 g/mol. The number of methoxy groups -OCH3 is 2. The molecule has 14 heavy (non-hydrogen) atoms. The van der Waals surface area contributed by atoms with Gasteiger partial charge in [-0.15, -0.1) is 0 Å². The summed E-state index contributed by atoms with van der Waals surface area (Å²) in [7, 11) is 3.42. The van der Waals surface area contributed by atoms with Crippen LogP contribution in [0.1, 0.15) is 13.3 Å². The van der Waals surface area contributed by atoms with Gasteiger partial charge in [-0.05, 0) is 13.0 Å². The van der Waals surface area contributed by atoms with Gasteiger partial charge >= 0.3 is 0 Å². The highest BCUT2D eigenvalue weighted by molar-refractivity contribution is 4.67. The van der Waals surface area contributed by atoms with Crippen molar-refractivity contribution in [3.05, 3.63) is 0 Å². The van der Waals surface area contributed by atoms with Crippen LogP contribution in [0.25, 0.3) is 0 Å². The molecule has 1 atom stereocenters. The molecule has 0 saturated carbocycles. The van der Waals surface area contributed by atoms with Gasteiger partial charge in [0.25, 0.3) is 0 Å². The Morgan fingerprint density at radius 1 is 1.21 bits per heavy atom. The Morgan fingerprint density at radius 2 is 1.86 bits per heavy atom. The van der Waals surface area contributed by atoms with Crippen LogP contribution in [0, 0.1) is 0 Å². The molecule has 0 saturated heterocycles. The van der Waals surface area contributed by atoms with Crippen molar-refractivity contribution in [1.82, 2.24) is 4.90 Å². The number of hydrogen-bond donors (Lipinski definition) is 1. The number of rotatable bonds is 9. The zero-order valence-corrected chi connectivity index (χ0v) is 9.66. The molecule has 0 spiro atoms. The minimum atomic E-state index is 0.201. The van der Waals surface area contributed by atoms with Gasteiger partial charge in [-0.3, -0.25) is 4.90 Å². The normalized spacial score (nSPS) is 13.5. The molecule has 1 unspecified atom stereocenters. The summed E-state index contributed by atoms with van der Waals surface area (Å²) in [5.41, 5.74) is 5.95. The second-order valence-corrected chi connectivity index (χ2v) is 3.43. The molecule has 86 valence electrons. The quantitative estimate of drug-likeness (QED) is 0.587. The van der Waals surface area contributed by atoms with Crippen LogP contribution in [-0.4, -0.2) is 58.0 Å². The number of nitrogens with zero attached hydrogens (tertiary/aromatic N) is 1. The van der Waals surface area contributed by atoms with Crippen LogP contribution in [0.3, 0.4) is 0 Å². The van der Waals surface area contributed by atoms with Crippen LogP contribution < -0.4 is 5.73 Å². The Labute approximate surface area is 87.4 Å². The van der Waals surface area contributed by atoms with E-state index in [0.717, 1.165) is 39.3 Å². The van der Waals surface area contributed by atoms with E-state index in [1.807, 2.05) is 0 Å². The average Bonchev–Trinajstić information content (AvgIpc) is 2.21. The molecule has 0 aromatic rings. The van der Waals surface area contributed by atoms with Crippen molar-refractivity contribution in [1.29, 1.82) is 0 Å². The number of ether oxygens (including phenoxy) is 2. The molecule has 0 amide bonds. The minimum Gasteiger partial charge on any atom is -0.385 e. The van der Waals surface area contributed by atoms with E-state index in [2.05, 4.69) is 11.8 Å². The maximum absolute atomic E-state index is 5.95. The summed E-state index contributed by atoms with van der Waals surface area (Å²) in [4.78, 5) is 2.30. The van der Waals surface area contributed by atoms with Gasteiger partial charge in [-0.1, -0.05) is 6.92 Å². The first-order valence-electron chi connectivity index (χ1n) is 5.20. The van der Waals surface area contributed by atoms with Crippen molar-refractivity contribution in [3.8, 4) is 0 Å². The average molecular weight is 204 g/mol. The molecular formula is C10H24N2O2. The first-order valence-corrected chi connectivity index (χ1v) is 5.20. The van der Waals surface area contributed by atoms with Crippen molar-refractivity contribution in [2.75, 3.05) is 47.1 Å². The van der Waals surface area contributed by atoms with Crippen LogP contribution >= 0.6 is 0 Å². The molecule has 0 aromatic carbocycles. The highest BCUT2D eigenvalue weighted by atomic mass is 16.5. The number of hydrogen-bond acceptors (Lipinski definition) is 4. The molecule has 4 nitrogen and oxygen atoms in total. The SMILES string of the molecule is CCN(CCOC)CC(N)CCOC. The van der Waals surface area contributed by atoms with Gasteiger partial charge in [0.1, 0.15) is 0 Å². The molecule has 0 rings (SSSR count). The third-order valence-corrected chi connectivity index (χ3v) is 2.24. The second-order valence-electron chi connectivity index (χ2n) is 3.43. The van der Waals surface area contributed by atoms with E-state index in [1.54, 1.807) is 14.2 Å². The fourth-order valence-corrected chi connectivity index (χ4v) is 1.29. The lowest BCUT2D eigenvalue weighted by Gasteiger charge is -2.23. The fourth-order valence-electron chi connectivity index (χ4n) is 1.29. The maximum atomic E-state index is 5.95. The fraction of sp³-hybridized carbons (Fsp3) is 1.00. The Morgan fingerprint density at radius 3 is 2.36 bits per heavy atom. The maximum Gasteiger partial charge on any atom is 0.0589 e. The summed E-state index contributed by atoms with van der Waals surface area (Å²) in [6.45, 7) is 6.54. The summed E-state index contributed by atoms with van der Waals surface area (Å²) < 4.78 is 10.0. The lowest BCUT2D eigenvalue weighted by atomic mass is 10.2. The van der Waals surface area contributed by atoms with Crippen LogP contribution in [-0.2, 0) is 9.47 Å². The summed E-state index contributed by atoms with van der Waals surface area (Å²) in [5.74, 6) is 0. The topological polar surface area (TPSA) is 47.7 Å². The summed E-state index contributed by atoms with van der Waals surface area (Å²) in [6, 6.07) is 0.201. The molecule has 0 heterocycles. The van der Waals surface area contributed by atoms with Gasteiger partial charge in [-0.2, -0.15) is 0 Å². The zero-order valence-electron chi connectivity index (χ0n) is 9.66. The molecule has 0 bridgehead atoms. The molecule has 0 fully saturated rings. The standard InChI is InChI=1S/C10H24N2O2/c1-4-12(6-8-14-3)9-10(11)5-7-13-2/h10H,4-9,11H2,1-3H3. The Kier molecular flexibility index (Phi) is 9.29. The third kappa shape index (κ3) is 7.26. The van der Waals surface area contributed by atoms with E-state index in [9.17, 15) is 0 Å². The minimum absolute atomic E-state index is 0.201. The van der Waals surface area contributed by atoms with Gasteiger partial charge in [0.05, 0.1) is 6.61 Å². The molecule has 0 aliphatic rings. The predicted octanol–water partition coefficient (Wildman–Crippen LogP) is 0.319. The lowest BCUT2D eigenvalue weighted by Crippen LogP contribution is -2.39. The molecule has 4 heteroatoms. The van der Waals surface area contributed by atoms with Crippen molar-refractivity contribution in [2.45, 2.75) is 19.4 Å². The zero-order chi connectivity index (χ0) is 10.8. The smallest absolute Gasteiger partial charge is 0.0589 e. The summed E-state index contributed by atoms with van der Waals surface area (Å²) in [5, 5.41) is 0. The van der Waals surface area contributed by atoms with E-state index in [1.165, 1.54) is 0 Å². The molecule has 2 N–H and O–H groups in total. The van der Waals surface area contributed by atoms with Gasteiger partial charge in [0, 0.05) is 40.0 Å². The Balaban J connectivity index is 3.57. The van der Waals surface area contributed by atoms with E-state index >= 15 is 0 Å². The van der Waals surface area contributed by atoms with E-state index in [4.69, 9.17) is 15.2 Å². The first kappa shape index (κ1) is 13.8. The van der Waals surface area contributed by atoms with Gasteiger partial charge in [0.2, 0.25) is 0 Å². The monoisotopic (exact) mass is 204 g/mol. The molecule has 0 radical (unpaired) electrons. The highest BCUT2D eigenvalue weighted by Gasteiger charge is 2.08. The van der Waals surface area contributed by atoms with E-state index in [0.29, 0.717) is 0 Å². The number of nitrogens with two attached hydrogens (primary N) is 1. The molecule has 0 aromatic heterocycles. The molecule has 0 aliphatic heterocycles. The van der Waals surface area contributed by atoms with Crippen LogP contribution in [0.5, 0.6) is 0 Å². The largest absolute Gasteiger partial charge is 0.385 e. The van der Waals surface area contributed by atoms with E-state index < -0.39 is 0 Å². The third-order valence-electron chi connectivity index (χ3n) is 2.24. The van der Waals surface area contributed by atoms with Gasteiger partial charge in [-0.25, -0.2) is 0 Å². The summed E-state index contributed by atoms with van der Waals surface area (Å²) >= 11 is 0. The predicted molar refractivity (Wildman–Crippen MR) is 58.5 cm³/mol. The lowest BCUT2D eigenvalue weighted by molar-refractivity contribution is 0.139. The van der Waals surface area contributed by atoms with Crippen molar-refractivity contribution in [3.63, 3.8) is 0 Å². The number of likely N-dealkylation sites (N-methyl/N-ethyl adjacent to an activating group) is 1. The first-order chi connectivity index (χ1) is 6.74. The molecule has 0 aliphatic carbocycles. The van der Waals surface area contributed by atoms with Gasteiger partial charge in [0.15, 0.2) is 0 Å². The van der Waals surface area contributed by atoms with Crippen molar-refractivity contribution < 1.29 is 9.47 Å². The highest BCUT2D eigenvalue weighted by Crippen LogP contribution is 1.95. The van der Waals surface area contributed by atoms with Crippen LogP contribution in [0.4, 0.5) is 0 Å². The Hall–Kier alpha value is -0.160. The van der Waals surface area contributed by atoms with Crippen LogP contribution in [0.15, 0.2) is 0 Å². The van der Waals surface area contributed by atoms with Crippen molar-refractivity contribution >= 4 is 0 Å². The van der Waals surface area contributed by atoms with Gasteiger partial charge < -0.3 is 15.2 Å².